The highest BCUT2D eigenvalue weighted by molar-refractivity contribution is 5.20. The lowest BCUT2D eigenvalue weighted by molar-refractivity contribution is 0.236. The van der Waals surface area contributed by atoms with Crippen LogP contribution in [0.1, 0.15) is 24.9 Å². The van der Waals surface area contributed by atoms with Crippen molar-refractivity contribution in [3.05, 3.63) is 61.2 Å². The van der Waals surface area contributed by atoms with Crippen LogP contribution in [0, 0.1) is 0 Å². The molecular weight excluding hydrogens is 232 g/mol. The fraction of sp³-hybridized carbons (Fsp3) is 0.412. The van der Waals surface area contributed by atoms with Crippen LogP contribution in [0.15, 0.2) is 55.6 Å². The highest BCUT2D eigenvalue weighted by Gasteiger charge is 2.17. The molecule has 104 valence electrons. The van der Waals surface area contributed by atoms with Crippen molar-refractivity contribution in [3.63, 3.8) is 0 Å². The number of nitrogens with zero attached hydrogens (tertiary/aromatic N) is 1. The molecule has 1 aromatic carbocycles. The zero-order valence-corrected chi connectivity index (χ0v) is 12.0. The molecule has 1 atom stereocenters. The van der Waals surface area contributed by atoms with Crippen molar-refractivity contribution < 1.29 is 0 Å². The van der Waals surface area contributed by atoms with Crippen molar-refractivity contribution in [2.24, 2.45) is 0 Å². The largest absolute Gasteiger partial charge is 0.315 e. The lowest BCUT2D eigenvalue weighted by atomic mass is 10.0. The van der Waals surface area contributed by atoms with E-state index in [-0.39, 0.29) is 0 Å². The molecule has 1 aromatic rings. The molecule has 0 aromatic heterocycles. The van der Waals surface area contributed by atoms with Gasteiger partial charge >= 0.3 is 0 Å². The van der Waals surface area contributed by atoms with E-state index in [1.165, 1.54) is 5.56 Å². The molecule has 0 heterocycles. The Morgan fingerprint density at radius 3 is 2.32 bits per heavy atom. The molecule has 2 heteroatoms. The van der Waals surface area contributed by atoms with Gasteiger partial charge in [0.1, 0.15) is 0 Å². The Morgan fingerprint density at radius 2 is 1.79 bits per heavy atom. The van der Waals surface area contributed by atoms with Gasteiger partial charge in [-0.25, -0.2) is 0 Å². The van der Waals surface area contributed by atoms with Gasteiger partial charge in [0.2, 0.25) is 0 Å². The van der Waals surface area contributed by atoms with Crippen LogP contribution in [0.2, 0.25) is 0 Å². The van der Waals surface area contributed by atoms with Gasteiger partial charge in [-0.05, 0) is 18.5 Å². The molecule has 1 rings (SSSR count). The van der Waals surface area contributed by atoms with Crippen LogP contribution < -0.4 is 5.32 Å². The van der Waals surface area contributed by atoms with E-state index in [9.17, 15) is 0 Å². The molecule has 0 aliphatic rings. The SMILES string of the molecule is C=CCN(CC=C)C(CNCCC)c1ccccc1. The number of nitrogens with one attached hydrogen (secondary N) is 1. The van der Waals surface area contributed by atoms with E-state index in [1.54, 1.807) is 0 Å². The van der Waals surface area contributed by atoms with Gasteiger partial charge in [0.05, 0.1) is 0 Å². The lowest BCUT2D eigenvalue weighted by Crippen LogP contribution is -2.36. The van der Waals surface area contributed by atoms with Crippen LogP contribution in [-0.2, 0) is 0 Å². The van der Waals surface area contributed by atoms with E-state index in [2.05, 4.69) is 60.6 Å². The molecule has 0 aliphatic heterocycles. The summed E-state index contributed by atoms with van der Waals surface area (Å²) in [5.41, 5.74) is 1.34. The van der Waals surface area contributed by atoms with Crippen molar-refractivity contribution >= 4 is 0 Å². The van der Waals surface area contributed by atoms with Crippen molar-refractivity contribution in [3.8, 4) is 0 Å². The van der Waals surface area contributed by atoms with Crippen molar-refractivity contribution in [2.75, 3.05) is 26.2 Å². The Morgan fingerprint density at radius 1 is 1.16 bits per heavy atom. The maximum atomic E-state index is 3.86. The predicted octanol–water partition coefficient (Wildman–Crippen LogP) is 3.40. The van der Waals surface area contributed by atoms with Gasteiger partial charge in [-0.1, -0.05) is 49.4 Å². The Balaban J connectivity index is 2.82. The fourth-order valence-corrected chi connectivity index (χ4v) is 2.21. The Bertz CT molecular complexity index is 349. The van der Waals surface area contributed by atoms with Gasteiger partial charge in [-0.3, -0.25) is 4.90 Å². The zero-order valence-electron chi connectivity index (χ0n) is 12.0. The van der Waals surface area contributed by atoms with E-state index in [0.717, 1.165) is 32.6 Å². The molecule has 0 radical (unpaired) electrons. The lowest BCUT2D eigenvalue weighted by Gasteiger charge is -2.30. The first kappa shape index (κ1) is 15.7. The number of hydrogen-bond acceptors (Lipinski definition) is 2. The number of hydrogen-bond donors (Lipinski definition) is 1. The molecule has 2 nitrogen and oxygen atoms in total. The summed E-state index contributed by atoms with van der Waals surface area (Å²) in [4.78, 5) is 2.39. The minimum atomic E-state index is 0.365. The predicted molar refractivity (Wildman–Crippen MR) is 84.3 cm³/mol. The standard InChI is InChI=1S/C17H26N2/c1-4-12-18-15-17(16-10-8-7-9-11-16)19(13-5-2)14-6-3/h5-11,17-18H,2-4,12-15H2,1H3. The normalized spacial score (nSPS) is 12.3. The van der Waals surface area contributed by atoms with Crippen molar-refractivity contribution in [1.29, 1.82) is 0 Å². The van der Waals surface area contributed by atoms with Gasteiger partial charge in [0.25, 0.3) is 0 Å². The Labute approximate surface area is 117 Å². The number of benzene rings is 1. The summed E-state index contributed by atoms with van der Waals surface area (Å²) in [5.74, 6) is 0. The third-order valence-corrected chi connectivity index (χ3v) is 3.12. The van der Waals surface area contributed by atoms with Crippen LogP contribution in [0.4, 0.5) is 0 Å². The maximum absolute atomic E-state index is 3.86. The molecular formula is C17H26N2. The summed E-state index contributed by atoms with van der Waals surface area (Å²) >= 11 is 0. The van der Waals surface area contributed by atoms with E-state index >= 15 is 0 Å². The van der Waals surface area contributed by atoms with Crippen molar-refractivity contribution in [2.45, 2.75) is 19.4 Å². The van der Waals surface area contributed by atoms with E-state index in [1.807, 2.05) is 12.2 Å². The van der Waals surface area contributed by atoms with Crippen LogP contribution in [0.25, 0.3) is 0 Å². The summed E-state index contributed by atoms with van der Waals surface area (Å²) < 4.78 is 0. The third kappa shape index (κ3) is 5.41. The van der Waals surface area contributed by atoms with Gasteiger partial charge in [-0.2, -0.15) is 0 Å². The molecule has 0 spiro atoms. The highest BCUT2D eigenvalue weighted by Crippen LogP contribution is 2.19. The first-order valence-corrected chi connectivity index (χ1v) is 7.05. The summed E-state index contributed by atoms with van der Waals surface area (Å²) in [6, 6.07) is 11.0. The molecule has 0 saturated heterocycles. The van der Waals surface area contributed by atoms with Gasteiger partial charge in [-0.15, -0.1) is 13.2 Å². The molecule has 1 unspecified atom stereocenters. The monoisotopic (exact) mass is 258 g/mol. The second kappa shape index (κ2) is 9.54. The first-order chi connectivity index (χ1) is 9.33. The quantitative estimate of drug-likeness (QED) is 0.511. The summed E-state index contributed by atoms with van der Waals surface area (Å²) in [6.45, 7) is 13.7. The fourth-order valence-electron chi connectivity index (χ4n) is 2.21. The van der Waals surface area contributed by atoms with Crippen LogP contribution in [0.3, 0.4) is 0 Å². The second-order valence-electron chi connectivity index (χ2n) is 4.66. The van der Waals surface area contributed by atoms with Gasteiger partial charge in [0.15, 0.2) is 0 Å². The topological polar surface area (TPSA) is 15.3 Å². The molecule has 0 bridgehead atoms. The summed E-state index contributed by atoms with van der Waals surface area (Å²) in [5, 5.41) is 3.52. The molecule has 0 amide bonds. The van der Waals surface area contributed by atoms with Crippen LogP contribution in [0.5, 0.6) is 0 Å². The summed E-state index contributed by atoms with van der Waals surface area (Å²) in [6.07, 6.45) is 5.07. The van der Waals surface area contributed by atoms with Crippen molar-refractivity contribution in [1.82, 2.24) is 10.2 Å². The molecule has 19 heavy (non-hydrogen) atoms. The Kier molecular flexibility index (Phi) is 7.87. The average molecular weight is 258 g/mol. The Hall–Kier alpha value is -1.38. The second-order valence-corrected chi connectivity index (χ2v) is 4.66. The minimum absolute atomic E-state index is 0.365. The molecule has 1 N–H and O–H groups in total. The highest BCUT2D eigenvalue weighted by atomic mass is 15.2. The number of rotatable bonds is 10. The van der Waals surface area contributed by atoms with E-state index in [4.69, 9.17) is 0 Å². The summed E-state index contributed by atoms with van der Waals surface area (Å²) in [7, 11) is 0. The van der Waals surface area contributed by atoms with E-state index in [0.29, 0.717) is 6.04 Å². The molecule has 0 aliphatic carbocycles. The molecule has 0 fully saturated rings. The minimum Gasteiger partial charge on any atom is -0.315 e. The smallest absolute Gasteiger partial charge is 0.0479 e. The zero-order chi connectivity index (χ0) is 13.9. The average Bonchev–Trinajstić information content (AvgIpc) is 2.45. The van der Waals surface area contributed by atoms with E-state index < -0.39 is 0 Å². The van der Waals surface area contributed by atoms with Gasteiger partial charge < -0.3 is 5.32 Å². The maximum Gasteiger partial charge on any atom is 0.0479 e. The first-order valence-electron chi connectivity index (χ1n) is 7.05. The van der Waals surface area contributed by atoms with Gasteiger partial charge in [0, 0.05) is 25.7 Å². The third-order valence-electron chi connectivity index (χ3n) is 3.12. The molecule has 0 saturated carbocycles. The van der Waals surface area contributed by atoms with Crippen LogP contribution in [-0.4, -0.2) is 31.1 Å². The van der Waals surface area contributed by atoms with Crippen LogP contribution >= 0.6 is 0 Å².